The SMILES string of the molecule is CC1(C)OC2Cc3c(ccc4c3C(=O)c3cccc(O)c3C4=O)C2O1. The molecule has 5 heteroatoms. The van der Waals surface area contributed by atoms with Gasteiger partial charge in [-0.05, 0) is 37.1 Å². The standard InChI is InChI=1S/C20H16O5/c1-20(2)24-14-8-12-9(19(14)25-20)6-7-11-15(12)17(22)10-4-3-5-13(21)16(10)18(11)23/h3-7,14,19,21H,8H2,1-2H3. The van der Waals surface area contributed by atoms with Gasteiger partial charge >= 0.3 is 0 Å². The van der Waals surface area contributed by atoms with Gasteiger partial charge in [0, 0.05) is 23.1 Å². The zero-order valence-corrected chi connectivity index (χ0v) is 13.8. The highest BCUT2D eigenvalue weighted by atomic mass is 16.8. The van der Waals surface area contributed by atoms with Crippen LogP contribution >= 0.6 is 0 Å². The molecule has 0 spiro atoms. The molecule has 0 amide bonds. The summed E-state index contributed by atoms with van der Waals surface area (Å²) in [7, 11) is 0. The Bertz CT molecular complexity index is 972. The summed E-state index contributed by atoms with van der Waals surface area (Å²) in [6, 6.07) is 8.11. The van der Waals surface area contributed by atoms with E-state index in [1.54, 1.807) is 18.2 Å². The fraction of sp³-hybridized carbons (Fsp3) is 0.300. The van der Waals surface area contributed by atoms with Crippen LogP contribution in [-0.4, -0.2) is 28.6 Å². The number of aromatic hydroxyl groups is 1. The molecule has 2 aromatic rings. The fourth-order valence-electron chi connectivity index (χ4n) is 4.29. The normalized spacial score (nSPS) is 25.4. The van der Waals surface area contributed by atoms with Crippen LogP contribution in [0.25, 0.3) is 0 Å². The topological polar surface area (TPSA) is 72.8 Å². The van der Waals surface area contributed by atoms with E-state index in [-0.39, 0.29) is 40.7 Å². The maximum atomic E-state index is 13.1. The Labute approximate surface area is 144 Å². The van der Waals surface area contributed by atoms with Crippen molar-refractivity contribution in [2.24, 2.45) is 0 Å². The third-order valence-corrected chi connectivity index (χ3v) is 5.23. The Balaban J connectivity index is 1.70. The third-order valence-electron chi connectivity index (χ3n) is 5.23. The third kappa shape index (κ3) is 1.85. The van der Waals surface area contributed by atoms with E-state index in [2.05, 4.69) is 0 Å². The van der Waals surface area contributed by atoms with Gasteiger partial charge in [0.15, 0.2) is 17.4 Å². The Morgan fingerprint density at radius 2 is 1.72 bits per heavy atom. The van der Waals surface area contributed by atoms with Crippen LogP contribution in [-0.2, 0) is 15.9 Å². The highest BCUT2D eigenvalue weighted by Gasteiger charge is 2.49. The molecule has 0 saturated carbocycles. The van der Waals surface area contributed by atoms with Crippen molar-refractivity contribution in [3.63, 3.8) is 0 Å². The largest absolute Gasteiger partial charge is 0.507 e. The Morgan fingerprint density at radius 3 is 2.52 bits per heavy atom. The number of hydrogen-bond acceptors (Lipinski definition) is 5. The number of hydrogen-bond donors (Lipinski definition) is 1. The average Bonchev–Trinajstić information content (AvgIpc) is 3.03. The van der Waals surface area contributed by atoms with Crippen molar-refractivity contribution in [3.05, 3.63) is 63.7 Å². The van der Waals surface area contributed by atoms with Crippen molar-refractivity contribution < 1.29 is 24.2 Å². The van der Waals surface area contributed by atoms with Gasteiger partial charge in [0.2, 0.25) is 0 Å². The second-order valence-corrected chi connectivity index (χ2v) is 7.21. The van der Waals surface area contributed by atoms with Gasteiger partial charge in [-0.3, -0.25) is 9.59 Å². The van der Waals surface area contributed by atoms with Crippen LogP contribution < -0.4 is 0 Å². The summed E-state index contributed by atoms with van der Waals surface area (Å²) in [6.07, 6.45) is 0.175. The summed E-state index contributed by atoms with van der Waals surface area (Å²) in [5, 5.41) is 10.0. The highest BCUT2D eigenvalue weighted by Crippen LogP contribution is 2.48. The lowest BCUT2D eigenvalue weighted by Gasteiger charge is -2.23. The van der Waals surface area contributed by atoms with Crippen LogP contribution in [0, 0.1) is 0 Å². The number of fused-ring (bicyclic) bond motifs is 6. The molecule has 2 atom stereocenters. The summed E-state index contributed by atoms with van der Waals surface area (Å²) in [5.74, 6) is -1.35. The van der Waals surface area contributed by atoms with Gasteiger partial charge in [-0.15, -0.1) is 0 Å². The first-order valence-electron chi connectivity index (χ1n) is 8.30. The molecule has 3 aliphatic rings. The molecular formula is C20H16O5. The number of carbonyl (C=O) groups excluding carboxylic acids is 2. The van der Waals surface area contributed by atoms with E-state index >= 15 is 0 Å². The Kier molecular flexibility index (Phi) is 2.70. The molecule has 126 valence electrons. The van der Waals surface area contributed by atoms with Crippen LogP contribution in [0.4, 0.5) is 0 Å². The molecule has 25 heavy (non-hydrogen) atoms. The summed E-state index contributed by atoms with van der Waals surface area (Å²) in [4.78, 5) is 25.9. The number of phenols is 1. The van der Waals surface area contributed by atoms with Gasteiger partial charge < -0.3 is 14.6 Å². The van der Waals surface area contributed by atoms with E-state index < -0.39 is 5.79 Å². The molecule has 2 aliphatic carbocycles. The maximum Gasteiger partial charge on any atom is 0.198 e. The molecule has 0 aromatic heterocycles. The lowest BCUT2D eigenvalue weighted by atomic mass is 9.80. The van der Waals surface area contributed by atoms with Gasteiger partial charge in [-0.2, -0.15) is 0 Å². The lowest BCUT2D eigenvalue weighted by Crippen LogP contribution is -2.25. The van der Waals surface area contributed by atoms with Gasteiger partial charge in [0.05, 0.1) is 11.7 Å². The number of rotatable bonds is 0. The van der Waals surface area contributed by atoms with E-state index in [4.69, 9.17) is 9.47 Å². The van der Waals surface area contributed by atoms with Crippen molar-refractivity contribution in [2.45, 2.75) is 38.3 Å². The van der Waals surface area contributed by atoms with Gasteiger partial charge in [0.1, 0.15) is 11.9 Å². The lowest BCUT2D eigenvalue weighted by molar-refractivity contribution is -0.148. The van der Waals surface area contributed by atoms with Gasteiger partial charge in [-0.1, -0.05) is 18.2 Å². The van der Waals surface area contributed by atoms with Crippen molar-refractivity contribution in [1.82, 2.24) is 0 Å². The van der Waals surface area contributed by atoms with E-state index in [0.717, 1.165) is 11.1 Å². The number of ether oxygens (including phenoxy) is 2. The first-order valence-corrected chi connectivity index (χ1v) is 8.30. The van der Waals surface area contributed by atoms with E-state index in [1.165, 1.54) is 6.07 Å². The average molecular weight is 336 g/mol. The first-order chi connectivity index (χ1) is 11.9. The monoisotopic (exact) mass is 336 g/mol. The minimum absolute atomic E-state index is 0.0896. The first kappa shape index (κ1) is 14.8. The molecule has 1 aliphatic heterocycles. The van der Waals surface area contributed by atoms with Crippen LogP contribution in [0.3, 0.4) is 0 Å². The van der Waals surface area contributed by atoms with Crippen molar-refractivity contribution in [2.75, 3.05) is 0 Å². The molecule has 1 heterocycles. The zero-order valence-electron chi connectivity index (χ0n) is 13.8. The number of phenolic OH excluding ortho intramolecular Hbond substituents is 1. The molecule has 2 aromatic carbocycles. The number of carbonyl (C=O) groups is 2. The van der Waals surface area contributed by atoms with Crippen LogP contribution in [0.1, 0.15) is 62.9 Å². The van der Waals surface area contributed by atoms with Gasteiger partial charge in [-0.25, -0.2) is 0 Å². The molecule has 5 nitrogen and oxygen atoms in total. The quantitative estimate of drug-likeness (QED) is 0.683. The fourth-order valence-corrected chi connectivity index (χ4v) is 4.29. The van der Waals surface area contributed by atoms with E-state index in [9.17, 15) is 14.7 Å². The van der Waals surface area contributed by atoms with Crippen molar-refractivity contribution in [3.8, 4) is 5.75 Å². The molecule has 1 N–H and O–H groups in total. The Morgan fingerprint density at radius 1 is 1.00 bits per heavy atom. The number of benzene rings is 2. The van der Waals surface area contributed by atoms with Crippen LogP contribution in [0.2, 0.25) is 0 Å². The van der Waals surface area contributed by atoms with E-state index in [0.29, 0.717) is 17.5 Å². The van der Waals surface area contributed by atoms with Crippen molar-refractivity contribution >= 4 is 11.6 Å². The summed E-state index contributed by atoms with van der Waals surface area (Å²) in [5.41, 5.74) is 2.86. The smallest absolute Gasteiger partial charge is 0.198 e. The number of ketones is 2. The van der Waals surface area contributed by atoms with Gasteiger partial charge in [0.25, 0.3) is 0 Å². The minimum atomic E-state index is -0.652. The molecule has 0 radical (unpaired) electrons. The maximum absolute atomic E-state index is 13.1. The minimum Gasteiger partial charge on any atom is -0.507 e. The van der Waals surface area contributed by atoms with Crippen molar-refractivity contribution in [1.29, 1.82) is 0 Å². The molecule has 1 fully saturated rings. The summed E-state index contributed by atoms with van der Waals surface area (Å²) < 4.78 is 11.9. The van der Waals surface area contributed by atoms with Crippen LogP contribution in [0.5, 0.6) is 5.75 Å². The molecule has 1 saturated heterocycles. The predicted molar refractivity (Wildman–Crippen MR) is 87.9 cm³/mol. The molecular weight excluding hydrogens is 320 g/mol. The Hall–Kier alpha value is -2.50. The summed E-state index contributed by atoms with van der Waals surface area (Å²) in [6.45, 7) is 3.74. The zero-order chi connectivity index (χ0) is 17.5. The molecule has 5 rings (SSSR count). The predicted octanol–water partition coefficient (Wildman–Crippen LogP) is 2.92. The second kappa shape index (κ2) is 4.56. The molecule has 0 bridgehead atoms. The molecule has 2 unspecified atom stereocenters. The second-order valence-electron chi connectivity index (χ2n) is 7.21. The summed E-state index contributed by atoms with van der Waals surface area (Å²) >= 11 is 0. The van der Waals surface area contributed by atoms with E-state index in [1.807, 2.05) is 19.9 Å². The van der Waals surface area contributed by atoms with Crippen LogP contribution in [0.15, 0.2) is 30.3 Å². The highest BCUT2D eigenvalue weighted by molar-refractivity contribution is 6.29.